The van der Waals surface area contributed by atoms with Crippen LogP contribution in [0.2, 0.25) is 0 Å². The highest BCUT2D eigenvalue weighted by molar-refractivity contribution is 5.69. The molecule has 12 nitrogen and oxygen atoms in total. The molecule has 12 heteroatoms. The van der Waals surface area contributed by atoms with Gasteiger partial charge in [-0.3, -0.25) is 29.8 Å². The number of aliphatic carboxylic acids is 1. The van der Waals surface area contributed by atoms with Gasteiger partial charge in [-0.1, -0.05) is 0 Å². The number of nitro groups is 2. The van der Waals surface area contributed by atoms with Crippen molar-refractivity contribution < 1.29 is 34.0 Å². The summed E-state index contributed by atoms with van der Waals surface area (Å²) in [5, 5.41) is 32.9. The minimum atomic E-state index is -0.908. The van der Waals surface area contributed by atoms with E-state index in [1.54, 1.807) is 0 Å². The summed E-state index contributed by atoms with van der Waals surface area (Å²) < 4.78 is 10.1. The molecule has 1 aromatic rings. The summed E-state index contributed by atoms with van der Waals surface area (Å²) in [7, 11) is 0. The van der Waals surface area contributed by atoms with Gasteiger partial charge in [-0.2, -0.15) is 0 Å². The van der Waals surface area contributed by atoms with Crippen LogP contribution < -0.4 is 5.32 Å². The van der Waals surface area contributed by atoms with E-state index < -0.39 is 27.5 Å². The average Bonchev–Trinajstić information content (AvgIpc) is 2.64. The van der Waals surface area contributed by atoms with Gasteiger partial charge in [0.25, 0.3) is 11.4 Å². The second-order valence-electron chi connectivity index (χ2n) is 5.58. The van der Waals surface area contributed by atoms with Crippen LogP contribution in [-0.2, 0) is 19.1 Å². The lowest BCUT2D eigenvalue weighted by Crippen LogP contribution is -2.15. The van der Waals surface area contributed by atoms with E-state index in [1.807, 2.05) is 0 Å². The number of benzene rings is 1. The van der Waals surface area contributed by atoms with Gasteiger partial charge < -0.3 is 19.9 Å². The van der Waals surface area contributed by atoms with Crippen LogP contribution in [0.1, 0.15) is 25.7 Å². The molecule has 2 N–H and O–H groups in total. The third-order valence-corrected chi connectivity index (χ3v) is 3.46. The summed E-state index contributed by atoms with van der Waals surface area (Å²) in [6.07, 6.45) is 0.986. The van der Waals surface area contributed by atoms with Gasteiger partial charge in [-0.25, -0.2) is 0 Å². The van der Waals surface area contributed by atoms with Gasteiger partial charge in [-0.05, 0) is 18.9 Å². The first-order valence-electron chi connectivity index (χ1n) is 8.43. The monoisotopic (exact) mass is 399 g/mol. The van der Waals surface area contributed by atoms with Gasteiger partial charge in [0, 0.05) is 25.5 Å². The van der Waals surface area contributed by atoms with E-state index in [0.717, 1.165) is 12.1 Å². The van der Waals surface area contributed by atoms with Crippen molar-refractivity contribution in [3.8, 4) is 0 Å². The Labute approximate surface area is 159 Å². The number of nitrogens with zero attached hydrogens (tertiary/aromatic N) is 2. The first kappa shape index (κ1) is 22.8. The molecule has 0 aromatic heterocycles. The topological polar surface area (TPSA) is 171 Å². The number of non-ortho nitro benzene ring substituents is 1. The highest BCUT2D eigenvalue weighted by atomic mass is 16.6. The molecular formula is C16H21N3O9. The van der Waals surface area contributed by atoms with Gasteiger partial charge in [0.15, 0.2) is 0 Å². The van der Waals surface area contributed by atoms with Crippen LogP contribution in [0, 0.1) is 20.2 Å². The van der Waals surface area contributed by atoms with Crippen LogP contribution in [0.5, 0.6) is 0 Å². The Morgan fingerprint density at radius 2 is 1.75 bits per heavy atom. The smallest absolute Gasteiger partial charge is 0.305 e. The summed E-state index contributed by atoms with van der Waals surface area (Å²) in [5.74, 6) is -1.34. The molecule has 0 fully saturated rings. The van der Waals surface area contributed by atoms with Crippen LogP contribution in [-0.4, -0.2) is 53.3 Å². The Morgan fingerprint density at radius 3 is 2.39 bits per heavy atom. The highest BCUT2D eigenvalue weighted by Crippen LogP contribution is 2.28. The quantitative estimate of drug-likeness (QED) is 0.204. The fourth-order valence-corrected chi connectivity index (χ4v) is 2.13. The molecule has 0 unspecified atom stereocenters. The number of hydrogen-bond donors (Lipinski definition) is 2. The maximum atomic E-state index is 11.4. The number of anilines is 1. The van der Waals surface area contributed by atoms with Crippen molar-refractivity contribution in [3.63, 3.8) is 0 Å². The molecule has 0 aliphatic heterocycles. The minimum Gasteiger partial charge on any atom is -0.481 e. The Balaban J connectivity index is 2.21. The molecule has 1 aromatic carbocycles. The van der Waals surface area contributed by atoms with Crippen LogP contribution in [0.25, 0.3) is 0 Å². The number of nitro benzene ring substituents is 2. The molecule has 154 valence electrons. The lowest BCUT2D eigenvalue weighted by molar-refractivity contribution is -0.393. The molecule has 0 amide bonds. The van der Waals surface area contributed by atoms with Crippen LogP contribution in [0.4, 0.5) is 17.1 Å². The molecule has 0 bridgehead atoms. The standard InChI is InChI=1S/C16H21N3O9/c20-15(21)3-1-2-4-16(22)28-10-9-27-8-7-17-13-6-5-12(18(23)24)11-14(13)19(25)26/h5-6,11,17H,1-4,7-10H2,(H,20,21). The van der Waals surface area contributed by atoms with E-state index >= 15 is 0 Å². The third kappa shape index (κ3) is 8.89. The second-order valence-corrected chi connectivity index (χ2v) is 5.58. The molecule has 0 aliphatic carbocycles. The molecule has 1 rings (SSSR count). The number of carbonyl (C=O) groups is 2. The molecule has 0 spiro atoms. The fraction of sp³-hybridized carbons (Fsp3) is 0.500. The van der Waals surface area contributed by atoms with Crippen molar-refractivity contribution in [2.75, 3.05) is 31.7 Å². The van der Waals surface area contributed by atoms with Crippen molar-refractivity contribution in [1.29, 1.82) is 0 Å². The molecule has 0 aliphatic rings. The number of carboxylic acid groups (broad SMARTS) is 1. The number of ether oxygens (including phenoxy) is 2. The van der Waals surface area contributed by atoms with Crippen LogP contribution in [0.15, 0.2) is 18.2 Å². The van der Waals surface area contributed by atoms with E-state index in [0.29, 0.717) is 12.8 Å². The zero-order valence-electron chi connectivity index (χ0n) is 15.0. The summed E-state index contributed by atoms with van der Waals surface area (Å²) in [4.78, 5) is 42.0. The van der Waals surface area contributed by atoms with Crippen molar-refractivity contribution in [2.24, 2.45) is 0 Å². The number of carboxylic acids is 1. The average molecular weight is 399 g/mol. The Kier molecular flexibility index (Phi) is 9.89. The largest absolute Gasteiger partial charge is 0.481 e. The number of hydrogen-bond acceptors (Lipinski definition) is 9. The predicted molar refractivity (Wildman–Crippen MR) is 96.1 cm³/mol. The number of esters is 1. The van der Waals surface area contributed by atoms with E-state index in [4.69, 9.17) is 14.6 Å². The third-order valence-electron chi connectivity index (χ3n) is 3.46. The zero-order chi connectivity index (χ0) is 20.9. The molecule has 28 heavy (non-hydrogen) atoms. The molecule has 0 radical (unpaired) electrons. The maximum Gasteiger partial charge on any atom is 0.305 e. The lowest BCUT2D eigenvalue weighted by Gasteiger charge is -2.08. The second kappa shape index (κ2) is 12.2. The Morgan fingerprint density at radius 1 is 1.04 bits per heavy atom. The summed E-state index contributed by atoms with van der Waals surface area (Å²) in [5.41, 5.74) is -0.656. The van der Waals surface area contributed by atoms with Crippen molar-refractivity contribution in [2.45, 2.75) is 25.7 Å². The van der Waals surface area contributed by atoms with E-state index in [9.17, 15) is 29.8 Å². The fourth-order valence-electron chi connectivity index (χ4n) is 2.13. The molecule has 0 saturated heterocycles. The SMILES string of the molecule is O=C(O)CCCCC(=O)OCCOCCNc1ccc([N+](=O)[O-])cc1[N+](=O)[O-]. The Bertz CT molecular complexity index is 709. The van der Waals surface area contributed by atoms with Crippen molar-refractivity contribution in [3.05, 3.63) is 38.4 Å². The molecule has 0 heterocycles. The van der Waals surface area contributed by atoms with E-state index in [1.165, 1.54) is 6.07 Å². The Hall–Kier alpha value is -3.28. The number of nitrogens with one attached hydrogen (secondary N) is 1. The van der Waals surface area contributed by atoms with Gasteiger partial charge in [0.1, 0.15) is 12.3 Å². The van der Waals surface area contributed by atoms with Gasteiger partial charge in [0.2, 0.25) is 0 Å². The van der Waals surface area contributed by atoms with Crippen molar-refractivity contribution in [1.82, 2.24) is 0 Å². The number of rotatable bonds is 14. The molecule has 0 atom stereocenters. The molecular weight excluding hydrogens is 378 g/mol. The van der Waals surface area contributed by atoms with Crippen molar-refractivity contribution >= 4 is 29.0 Å². The maximum absolute atomic E-state index is 11.4. The first-order valence-corrected chi connectivity index (χ1v) is 8.43. The first-order chi connectivity index (χ1) is 13.3. The summed E-state index contributed by atoms with van der Waals surface area (Å²) in [6.45, 7) is 0.548. The lowest BCUT2D eigenvalue weighted by atomic mass is 10.2. The van der Waals surface area contributed by atoms with Gasteiger partial charge in [0.05, 0.1) is 29.1 Å². The van der Waals surface area contributed by atoms with Crippen LogP contribution >= 0.6 is 0 Å². The van der Waals surface area contributed by atoms with E-state index in [-0.39, 0.29) is 50.6 Å². The summed E-state index contributed by atoms with van der Waals surface area (Å²) >= 11 is 0. The van der Waals surface area contributed by atoms with Gasteiger partial charge in [-0.15, -0.1) is 0 Å². The van der Waals surface area contributed by atoms with E-state index in [2.05, 4.69) is 5.32 Å². The summed E-state index contributed by atoms with van der Waals surface area (Å²) in [6, 6.07) is 3.29. The predicted octanol–water partition coefficient (Wildman–Crippen LogP) is 2.12. The zero-order valence-corrected chi connectivity index (χ0v) is 15.0. The van der Waals surface area contributed by atoms with Crippen LogP contribution in [0.3, 0.4) is 0 Å². The normalized spacial score (nSPS) is 10.3. The molecule has 0 saturated carbocycles. The highest BCUT2D eigenvalue weighted by Gasteiger charge is 2.18. The number of unbranched alkanes of at least 4 members (excludes halogenated alkanes) is 1. The number of carbonyl (C=O) groups excluding carboxylic acids is 1. The van der Waals surface area contributed by atoms with Gasteiger partial charge >= 0.3 is 11.9 Å². The minimum absolute atomic E-state index is 0.0102.